The van der Waals surface area contributed by atoms with Gasteiger partial charge in [0.2, 0.25) is 0 Å². The normalized spacial score (nSPS) is 11.7. The van der Waals surface area contributed by atoms with E-state index in [0.717, 1.165) is 11.1 Å². The SMILES string of the molecule is Cc1cc(C)cc(N(Cc2ccc(F)cc2)S(=O)(=O)c2cccn3cnnc23)c1. The number of aromatic nitrogens is 3. The van der Waals surface area contributed by atoms with E-state index in [4.69, 9.17) is 0 Å². The number of sulfonamides is 1. The largest absolute Gasteiger partial charge is 0.288 e. The van der Waals surface area contributed by atoms with Crippen LogP contribution in [0.5, 0.6) is 0 Å². The molecule has 0 atom stereocenters. The van der Waals surface area contributed by atoms with Gasteiger partial charge in [-0.25, -0.2) is 12.8 Å². The van der Waals surface area contributed by atoms with Crippen LogP contribution in [0.2, 0.25) is 0 Å². The first-order chi connectivity index (χ1) is 13.8. The molecule has 148 valence electrons. The lowest BCUT2D eigenvalue weighted by atomic mass is 10.1. The first kappa shape index (κ1) is 19.1. The van der Waals surface area contributed by atoms with Crippen molar-refractivity contribution >= 4 is 21.4 Å². The lowest BCUT2D eigenvalue weighted by Gasteiger charge is -2.25. The lowest BCUT2D eigenvalue weighted by molar-refractivity contribution is 0.590. The summed E-state index contributed by atoms with van der Waals surface area (Å²) in [6, 6.07) is 14.6. The summed E-state index contributed by atoms with van der Waals surface area (Å²) >= 11 is 0. The third-order valence-corrected chi connectivity index (χ3v) is 6.38. The van der Waals surface area contributed by atoms with Crippen molar-refractivity contribution in [3.63, 3.8) is 0 Å². The monoisotopic (exact) mass is 410 g/mol. The average molecular weight is 410 g/mol. The maximum atomic E-state index is 13.7. The fourth-order valence-electron chi connectivity index (χ4n) is 3.31. The zero-order chi connectivity index (χ0) is 20.6. The number of fused-ring (bicyclic) bond motifs is 1. The number of benzene rings is 2. The molecule has 0 N–H and O–H groups in total. The van der Waals surface area contributed by atoms with E-state index in [9.17, 15) is 12.8 Å². The average Bonchev–Trinajstić information content (AvgIpc) is 3.15. The highest BCUT2D eigenvalue weighted by Gasteiger charge is 2.28. The summed E-state index contributed by atoms with van der Waals surface area (Å²) in [6.07, 6.45) is 3.14. The molecule has 29 heavy (non-hydrogen) atoms. The summed E-state index contributed by atoms with van der Waals surface area (Å²) in [5.74, 6) is -0.372. The van der Waals surface area contributed by atoms with Crippen molar-refractivity contribution in [2.75, 3.05) is 4.31 Å². The van der Waals surface area contributed by atoms with Crippen LogP contribution in [0.25, 0.3) is 5.65 Å². The smallest absolute Gasteiger partial charge is 0.268 e. The number of nitrogens with zero attached hydrogens (tertiary/aromatic N) is 4. The molecule has 0 saturated carbocycles. The predicted octanol–water partition coefficient (Wildman–Crippen LogP) is 3.88. The molecule has 4 rings (SSSR count). The molecule has 6 nitrogen and oxygen atoms in total. The molecule has 0 bridgehead atoms. The molecule has 0 aliphatic carbocycles. The van der Waals surface area contributed by atoms with E-state index in [1.54, 1.807) is 28.8 Å². The Kier molecular flexibility index (Phi) is 4.79. The fraction of sp³-hybridized carbons (Fsp3) is 0.143. The van der Waals surface area contributed by atoms with Crippen molar-refractivity contribution < 1.29 is 12.8 Å². The highest BCUT2D eigenvalue weighted by Crippen LogP contribution is 2.29. The van der Waals surface area contributed by atoms with Crippen LogP contribution in [0.1, 0.15) is 16.7 Å². The first-order valence-corrected chi connectivity index (χ1v) is 10.4. The lowest BCUT2D eigenvalue weighted by Crippen LogP contribution is -2.31. The molecular formula is C21H19FN4O2S. The molecule has 0 saturated heterocycles. The molecule has 0 unspecified atom stereocenters. The Bertz CT molecular complexity index is 1260. The van der Waals surface area contributed by atoms with E-state index in [-0.39, 0.29) is 22.9 Å². The zero-order valence-electron chi connectivity index (χ0n) is 15.9. The van der Waals surface area contributed by atoms with Gasteiger partial charge in [0, 0.05) is 6.20 Å². The highest BCUT2D eigenvalue weighted by molar-refractivity contribution is 7.93. The van der Waals surface area contributed by atoms with Crippen molar-refractivity contribution in [2.45, 2.75) is 25.3 Å². The number of halogens is 1. The van der Waals surface area contributed by atoms with E-state index in [2.05, 4.69) is 10.2 Å². The van der Waals surface area contributed by atoms with Crippen molar-refractivity contribution in [1.29, 1.82) is 0 Å². The van der Waals surface area contributed by atoms with Crippen LogP contribution in [0, 0.1) is 19.7 Å². The van der Waals surface area contributed by atoms with E-state index in [1.165, 1.54) is 28.8 Å². The Labute approximate surface area is 168 Å². The van der Waals surface area contributed by atoms with E-state index < -0.39 is 10.0 Å². The maximum absolute atomic E-state index is 13.7. The number of aryl methyl sites for hydroxylation is 2. The summed E-state index contributed by atoms with van der Waals surface area (Å²) in [5, 5.41) is 7.79. The topological polar surface area (TPSA) is 67.6 Å². The van der Waals surface area contributed by atoms with Crippen LogP contribution in [0.15, 0.2) is 72.0 Å². The minimum atomic E-state index is -3.98. The third kappa shape index (κ3) is 3.71. The quantitative estimate of drug-likeness (QED) is 0.501. The van der Waals surface area contributed by atoms with Gasteiger partial charge >= 0.3 is 0 Å². The molecular weight excluding hydrogens is 391 g/mol. The molecule has 2 heterocycles. The second-order valence-electron chi connectivity index (χ2n) is 6.92. The van der Waals surface area contributed by atoms with Gasteiger partial charge in [-0.3, -0.25) is 8.71 Å². The van der Waals surface area contributed by atoms with Crippen LogP contribution in [0.4, 0.5) is 10.1 Å². The fourth-order valence-corrected chi connectivity index (χ4v) is 4.88. The minimum absolute atomic E-state index is 0.0544. The van der Waals surface area contributed by atoms with Crippen LogP contribution in [-0.2, 0) is 16.6 Å². The number of anilines is 1. The van der Waals surface area contributed by atoms with Crippen molar-refractivity contribution in [3.8, 4) is 0 Å². The van der Waals surface area contributed by atoms with Gasteiger partial charge in [0.15, 0.2) is 5.65 Å². The molecule has 0 radical (unpaired) electrons. The van der Waals surface area contributed by atoms with Gasteiger partial charge < -0.3 is 0 Å². The maximum Gasteiger partial charge on any atom is 0.268 e. The predicted molar refractivity (Wildman–Crippen MR) is 109 cm³/mol. The molecule has 0 fully saturated rings. The molecule has 8 heteroatoms. The Morgan fingerprint density at radius 2 is 1.72 bits per heavy atom. The van der Waals surface area contributed by atoms with E-state index >= 15 is 0 Å². The third-order valence-electron chi connectivity index (χ3n) is 4.59. The number of rotatable bonds is 5. The molecule has 0 aliphatic heterocycles. The summed E-state index contributed by atoms with van der Waals surface area (Å²) in [4.78, 5) is 0.0544. The molecule has 4 aromatic rings. The number of pyridine rings is 1. The Morgan fingerprint density at radius 1 is 1.03 bits per heavy atom. The summed E-state index contributed by atoms with van der Waals surface area (Å²) in [5.41, 5.74) is 3.34. The second kappa shape index (κ2) is 7.29. The van der Waals surface area contributed by atoms with Crippen LogP contribution < -0.4 is 4.31 Å². The Balaban J connectivity index is 1.88. The van der Waals surface area contributed by atoms with Gasteiger partial charge in [-0.05, 0) is 66.9 Å². The van der Waals surface area contributed by atoms with Crippen molar-refractivity contribution in [2.24, 2.45) is 0 Å². The van der Waals surface area contributed by atoms with Gasteiger partial charge in [-0.1, -0.05) is 18.2 Å². The molecule has 2 aromatic carbocycles. The standard InChI is InChI=1S/C21H19FN4O2S/c1-15-10-16(2)12-19(11-15)26(13-17-5-7-18(22)8-6-17)29(27,28)20-4-3-9-25-14-23-24-21(20)25/h3-12,14H,13H2,1-2H3. The number of hydrogen-bond donors (Lipinski definition) is 0. The zero-order valence-corrected chi connectivity index (χ0v) is 16.8. The van der Waals surface area contributed by atoms with Gasteiger partial charge in [-0.15, -0.1) is 10.2 Å². The molecule has 0 aliphatic rings. The van der Waals surface area contributed by atoms with Crippen LogP contribution >= 0.6 is 0 Å². The molecule has 0 amide bonds. The second-order valence-corrected chi connectivity index (χ2v) is 8.75. The van der Waals surface area contributed by atoms with Gasteiger partial charge in [0.05, 0.1) is 12.2 Å². The summed E-state index contributed by atoms with van der Waals surface area (Å²) in [7, 11) is -3.98. The Hall–Kier alpha value is -3.26. The Morgan fingerprint density at radius 3 is 2.41 bits per heavy atom. The van der Waals surface area contributed by atoms with E-state index in [0.29, 0.717) is 11.3 Å². The number of hydrogen-bond acceptors (Lipinski definition) is 4. The molecule has 0 spiro atoms. The van der Waals surface area contributed by atoms with E-state index in [1.807, 2.05) is 32.0 Å². The van der Waals surface area contributed by atoms with Crippen LogP contribution in [-0.4, -0.2) is 23.0 Å². The first-order valence-electron chi connectivity index (χ1n) is 8.98. The van der Waals surface area contributed by atoms with Crippen molar-refractivity contribution in [3.05, 3.63) is 89.6 Å². The van der Waals surface area contributed by atoms with Gasteiger partial charge in [0.25, 0.3) is 10.0 Å². The van der Waals surface area contributed by atoms with Crippen LogP contribution in [0.3, 0.4) is 0 Å². The minimum Gasteiger partial charge on any atom is -0.288 e. The summed E-state index contributed by atoms with van der Waals surface area (Å²) < 4.78 is 43.6. The summed E-state index contributed by atoms with van der Waals surface area (Å²) in [6.45, 7) is 3.89. The molecule has 2 aromatic heterocycles. The van der Waals surface area contributed by atoms with Gasteiger partial charge in [-0.2, -0.15) is 0 Å². The van der Waals surface area contributed by atoms with Gasteiger partial charge in [0.1, 0.15) is 17.0 Å². The van der Waals surface area contributed by atoms with Crippen molar-refractivity contribution in [1.82, 2.24) is 14.6 Å². The highest BCUT2D eigenvalue weighted by atomic mass is 32.2.